The Morgan fingerprint density at radius 1 is 1.33 bits per heavy atom. The number of rotatable bonds is 2. The molecule has 0 aromatic carbocycles. The van der Waals surface area contributed by atoms with Crippen LogP contribution >= 0.6 is 0 Å². The molecule has 0 aromatic rings. The monoisotopic (exact) mass is 268 g/mol. The van der Waals surface area contributed by atoms with E-state index in [4.69, 9.17) is 5.11 Å². The number of hydrogen-bond donors (Lipinski definition) is 2. The fourth-order valence-corrected chi connectivity index (χ4v) is 2.02. The molecule has 7 heteroatoms. The van der Waals surface area contributed by atoms with Gasteiger partial charge in [-0.25, -0.2) is 4.79 Å². The van der Waals surface area contributed by atoms with Crippen molar-refractivity contribution in [3.05, 3.63) is 0 Å². The van der Waals surface area contributed by atoms with Gasteiger partial charge in [0.1, 0.15) is 0 Å². The zero-order valence-electron chi connectivity index (χ0n) is 10.5. The summed E-state index contributed by atoms with van der Waals surface area (Å²) in [6, 6.07) is -0.263. The number of nitrogens with zero attached hydrogens (tertiary/aromatic N) is 1. The third-order valence-corrected chi connectivity index (χ3v) is 3.02. The smallest absolute Gasteiger partial charge is 0.383 e. The summed E-state index contributed by atoms with van der Waals surface area (Å²) in [5.74, 6) is -0.812. The second kappa shape index (κ2) is 5.77. The molecular weight excluding hydrogens is 249 g/mol. The molecular formula is C11H19F3N2O2. The van der Waals surface area contributed by atoms with Crippen LogP contribution in [0.15, 0.2) is 0 Å². The number of amides is 2. The summed E-state index contributed by atoms with van der Waals surface area (Å²) in [5.41, 5.74) is 0. The lowest BCUT2D eigenvalue weighted by molar-refractivity contribution is -0.222. The Labute approximate surface area is 104 Å². The highest BCUT2D eigenvalue weighted by molar-refractivity contribution is 5.74. The highest BCUT2D eigenvalue weighted by atomic mass is 19.4. The summed E-state index contributed by atoms with van der Waals surface area (Å²) in [6.07, 6.45) is -6.52. The van der Waals surface area contributed by atoms with Gasteiger partial charge >= 0.3 is 12.2 Å². The van der Waals surface area contributed by atoms with Crippen molar-refractivity contribution in [3.8, 4) is 0 Å². The van der Waals surface area contributed by atoms with Gasteiger partial charge in [-0.15, -0.1) is 0 Å². The van der Waals surface area contributed by atoms with Crippen LogP contribution in [0.25, 0.3) is 0 Å². The molecule has 1 saturated heterocycles. The number of piperidine rings is 1. The Kier molecular flexibility index (Phi) is 4.84. The number of hydrogen-bond acceptors (Lipinski definition) is 2. The Morgan fingerprint density at radius 2 is 1.83 bits per heavy atom. The minimum atomic E-state index is -4.58. The van der Waals surface area contributed by atoms with Crippen LogP contribution in [0.2, 0.25) is 0 Å². The molecule has 1 aliphatic rings. The molecule has 1 rings (SSSR count). The van der Waals surface area contributed by atoms with Gasteiger partial charge < -0.3 is 15.3 Å². The zero-order chi connectivity index (χ0) is 13.9. The van der Waals surface area contributed by atoms with Crippen LogP contribution in [0.4, 0.5) is 18.0 Å². The van der Waals surface area contributed by atoms with E-state index in [-0.39, 0.29) is 38.0 Å². The van der Waals surface area contributed by atoms with E-state index >= 15 is 0 Å². The first kappa shape index (κ1) is 15.1. The van der Waals surface area contributed by atoms with E-state index in [2.05, 4.69) is 5.32 Å². The molecule has 1 unspecified atom stereocenters. The van der Waals surface area contributed by atoms with Gasteiger partial charge in [-0.1, -0.05) is 0 Å². The molecule has 1 fully saturated rings. The minimum Gasteiger partial charge on any atom is -0.383 e. The number of halogens is 3. The topological polar surface area (TPSA) is 52.6 Å². The molecule has 2 N–H and O–H groups in total. The van der Waals surface area contributed by atoms with E-state index in [0.717, 1.165) is 0 Å². The molecule has 0 aliphatic carbocycles. The fraction of sp³-hybridized carbons (Fsp3) is 0.909. The maximum atomic E-state index is 12.3. The molecule has 0 radical (unpaired) electrons. The Bertz CT molecular complexity index is 287. The van der Waals surface area contributed by atoms with Gasteiger partial charge in [0.15, 0.2) is 6.10 Å². The lowest BCUT2D eigenvalue weighted by atomic mass is 9.91. The largest absolute Gasteiger partial charge is 0.414 e. The first-order valence-corrected chi connectivity index (χ1v) is 6.02. The van der Waals surface area contributed by atoms with Crippen LogP contribution < -0.4 is 5.32 Å². The summed E-state index contributed by atoms with van der Waals surface area (Å²) in [6.45, 7) is 4.13. The predicted octanol–water partition coefficient (Wildman–Crippen LogP) is 1.74. The minimum absolute atomic E-state index is 0.00371. The van der Waals surface area contributed by atoms with E-state index in [1.165, 1.54) is 4.90 Å². The SMILES string of the molecule is CC(C)NC(=O)N1CCC(C(O)C(F)(F)F)CC1. The first-order chi connectivity index (χ1) is 8.21. The predicted molar refractivity (Wildman–Crippen MR) is 60.0 cm³/mol. The Morgan fingerprint density at radius 3 is 2.22 bits per heavy atom. The number of nitrogens with one attached hydrogen (secondary N) is 1. The number of aliphatic hydroxyl groups is 1. The number of likely N-dealkylation sites (tertiary alicyclic amines) is 1. The highest BCUT2D eigenvalue weighted by Gasteiger charge is 2.44. The van der Waals surface area contributed by atoms with E-state index in [9.17, 15) is 18.0 Å². The van der Waals surface area contributed by atoms with Crippen molar-refractivity contribution in [2.75, 3.05) is 13.1 Å². The van der Waals surface area contributed by atoms with Crippen LogP contribution in [-0.4, -0.2) is 47.4 Å². The summed E-state index contributed by atoms with van der Waals surface area (Å²) in [7, 11) is 0. The van der Waals surface area contributed by atoms with Crippen molar-refractivity contribution < 1.29 is 23.1 Å². The van der Waals surface area contributed by atoms with Gasteiger partial charge in [0.2, 0.25) is 0 Å². The summed E-state index contributed by atoms with van der Waals surface area (Å²) < 4.78 is 37.0. The molecule has 0 spiro atoms. The van der Waals surface area contributed by atoms with Crippen LogP contribution in [0.5, 0.6) is 0 Å². The quantitative estimate of drug-likeness (QED) is 0.801. The van der Waals surface area contributed by atoms with E-state index in [0.29, 0.717) is 0 Å². The number of carbonyl (C=O) groups is 1. The summed E-state index contributed by atoms with van der Waals surface area (Å²) in [4.78, 5) is 13.1. The third kappa shape index (κ3) is 4.04. The van der Waals surface area contributed by atoms with E-state index in [1.54, 1.807) is 0 Å². The maximum absolute atomic E-state index is 12.3. The number of aliphatic hydroxyl groups excluding tert-OH is 1. The van der Waals surface area contributed by atoms with Crippen LogP contribution in [0.1, 0.15) is 26.7 Å². The molecule has 1 atom stereocenters. The number of carbonyl (C=O) groups excluding carboxylic acids is 1. The first-order valence-electron chi connectivity index (χ1n) is 6.02. The molecule has 106 valence electrons. The van der Waals surface area contributed by atoms with Crippen molar-refractivity contribution in [1.82, 2.24) is 10.2 Å². The zero-order valence-corrected chi connectivity index (χ0v) is 10.5. The van der Waals surface area contributed by atoms with Gasteiger partial charge in [-0.2, -0.15) is 13.2 Å². The Hall–Kier alpha value is -0.980. The van der Waals surface area contributed by atoms with Crippen molar-refractivity contribution in [2.45, 2.75) is 45.0 Å². The maximum Gasteiger partial charge on any atom is 0.414 e. The van der Waals surface area contributed by atoms with Crippen molar-refractivity contribution >= 4 is 6.03 Å². The molecule has 0 saturated carbocycles. The highest BCUT2D eigenvalue weighted by Crippen LogP contribution is 2.31. The van der Waals surface area contributed by atoms with Crippen LogP contribution in [0.3, 0.4) is 0 Å². The van der Waals surface area contributed by atoms with Crippen LogP contribution in [-0.2, 0) is 0 Å². The second-order valence-electron chi connectivity index (χ2n) is 4.92. The van der Waals surface area contributed by atoms with Crippen molar-refractivity contribution in [3.63, 3.8) is 0 Å². The van der Waals surface area contributed by atoms with Gasteiger partial charge in [0, 0.05) is 19.1 Å². The third-order valence-electron chi connectivity index (χ3n) is 3.02. The van der Waals surface area contributed by atoms with E-state index in [1.807, 2.05) is 13.8 Å². The average molecular weight is 268 g/mol. The average Bonchev–Trinajstić information content (AvgIpc) is 2.26. The number of urea groups is 1. The van der Waals surface area contributed by atoms with E-state index < -0.39 is 18.2 Å². The standard InChI is InChI=1S/C11H19F3N2O2/c1-7(2)15-10(18)16-5-3-8(4-6-16)9(17)11(12,13)14/h7-9,17H,3-6H2,1-2H3,(H,15,18). The summed E-state index contributed by atoms with van der Waals surface area (Å²) >= 11 is 0. The molecule has 18 heavy (non-hydrogen) atoms. The molecule has 0 bridgehead atoms. The van der Waals surface area contributed by atoms with Crippen LogP contribution in [0, 0.1) is 5.92 Å². The van der Waals surface area contributed by atoms with Gasteiger partial charge in [0.25, 0.3) is 0 Å². The van der Waals surface area contributed by atoms with Crippen molar-refractivity contribution in [1.29, 1.82) is 0 Å². The molecule has 1 aliphatic heterocycles. The normalized spacial score (nSPS) is 20.1. The fourth-order valence-electron chi connectivity index (χ4n) is 2.02. The Balaban J connectivity index is 2.44. The summed E-state index contributed by atoms with van der Waals surface area (Å²) in [5, 5.41) is 11.8. The molecule has 1 heterocycles. The molecule has 2 amide bonds. The van der Waals surface area contributed by atoms with Gasteiger partial charge in [-0.3, -0.25) is 0 Å². The van der Waals surface area contributed by atoms with Gasteiger partial charge in [0.05, 0.1) is 0 Å². The lowest BCUT2D eigenvalue weighted by Gasteiger charge is -2.35. The second-order valence-corrected chi connectivity index (χ2v) is 4.92. The molecule has 4 nitrogen and oxygen atoms in total. The van der Waals surface area contributed by atoms with Gasteiger partial charge in [-0.05, 0) is 32.6 Å². The van der Waals surface area contributed by atoms with Crippen molar-refractivity contribution in [2.24, 2.45) is 5.92 Å². The number of alkyl halides is 3. The molecule has 0 aromatic heterocycles. The lowest BCUT2D eigenvalue weighted by Crippen LogP contribution is -2.49.